The zero-order chi connectivity index (χ0) is 11.3. The Hall–Kier alpha value is -1.56. The number of benzene rings is 2. The molecule has 0 radical (unpaired) electrons. The highest BCUT2D eigenvalue weighted by molar-refractivity contribution is 5.80. The summed E-state index contributed by atoms with van der Waals surface area (Å²) in [4.78, 5) is 0. The minimum atomic E-state index is 0.547. The van der Waals surface area contributed by atoms with E-state index in [4.69, 9.17) is 0 Å². The number of fused-ring (bicyclic) bond motifs is 3. The first kappa shape index (κ1) is 9.65. The third kappa shape index (κ3) is 1.10. The summed E-state index contributed by atoms with van der Waals surface area (Å²) in [5.41, 5.74) is 8.73. The van der Waals surface area contributed by atoms with Crippen LogP contribution in [-0.4, -0.2) is 0 Å². The second-order valence-electron chi connectivity index (χ2n) is 4.78. The van der Waals surface area contributed by atoms with Crippen molar-refractivity contribution >= 4 is 0 Å². The third-order valence-electron chi connectivity index (χ3n) is 3.94. The summed E-state index contributed by atoms with van der Waals surface area (Å²) in [5, 5.41) is 0. The van der Waals surface area contributed by atoms with Crippen molar-refractivity contribution in [2.24, 2.45) is 0 Å². The third-order valence-corrected chi connectivity index (χ3v) is 3.94. The van der Waals surface area contributed by atoms with Crippen LogP contribution < -0.4 is 0 Å². The Morgan fingerprint density at radius 3 is 2.44 bits per heavy atom. The lowest BCUT2D eigenvalue weighted by molar-refractivity contribution is 0.940. The predicted molar refractivity (Wildman–Crippen MR) is 68.9 cm³/mol. The highest BCUT2D eigenvalue weighted by Crippen LogP contribution is 2.46. The summed E-state index contributed by atoms with van der Waals surface area (Å²) in [6.07, 6.45) is 0. The van der Waals surface area contributed by atoms with Gasteiger partial charge in [-0.25, -0.2) is 0 Å². The van der Waals surface area contributed by atoms with E-state index in [1.165, 1.54) is 33.4 Å². The fourth-order valence-corrected chi connectivity index (χ4v) is 2.91. The minimum Gasteiger partial charge on any atom is -0.0619 e. The monoisotopic (exact) mass is 208 g/mol. The van der Waals surface area contributed by atoms with Crippen LogP contribution in [0, 0.1) is 13.8 Å². The molecule has 1 atom stereocenters. The fourth-order valence-electron chi connectivity index (χ4n) is 2.91. The first-order chi connectivity index (χ1) is 7.70. The molecule has 0 saturated carbocycles. The van der Waals surface area contributed by atoms with Gasteiger partial charge in [0.1, 0.15) is 0 Å². The van der Waals surface area contributed by atoms with E-state index in [0.29, 0.717) is 5.92 Å². The maximum Gasteiger partial charge on any atom is 0.00760 e. The van der Waals surface area contributed by atoms with Crippen molar-refractivity contribution < 1.29 is 0 Å². The molecule has 0 amide bonds. The molecule has 0 nitrogen and oxygen atoms in total. The minimum absolute atomic E-state index is 0.547. The normalized spacial score (nSPS) is 17.1. The Kier molecular flexibility index (Phi) is 1.94. The van der Waals surface area contributed by atoms with Gasteiger partial charge in [-0.1, -0.05) is 43.3 Å². The summed E-state index contributed by atoms with van der Waals surface area (Å²) in [6, 6.07) is 13.3. The average molecular weight is 208 g/mol. The van der Waals surface area contributed by atoms with E-state index in [-0.39, 0.29) is 0 Å². The molecule has 0 bridgehead atoms. The van der Waals surface area contributed by atoms with Gasteiger partial charge in [-0.05, 0) is 47.2 Å². The largest absolute Gasteiger partial charge is 0.0619 e. The van der Waals surface area contributed by atoms with E-state index >= 15 is 0 Å². The summed E-state index contributed by atoms with van der Waals surface area (Å²) < 4.78 is 0. The molecule has 2 aromatic carbocycles. The lowest BCUT2D eigenvalue weighted by atomic mass is 9.93. The first-order valence-electron chi connectivity index (χ1n) is 5.89. The molecule has 0 aliphatic heterocycles. The van der Waals surface area contributed by atoms with Crippen LogP contribution in [0.15, 0.2) is 36.4 Å². The number of rotatable bonds is 0. The van der Waals surface area contributed by atoms with Crippen molar-refractivity contribution in [1.29, 1.82) is 0 Å². The molecule has 0 N–H and O–H groups in total. The van der Waals surface area contributed by atoms with E-state index in [1.54, 1.807) is 0 Å². The van der Waals surface area contributed by atoms with Gasteiger partial charge in [0.2, 0.25) is 0 Å². The van der Waals surface area contributed by atoms with Crippen molar-refractivity contribution in [3.63, 3.8) is 0 Å². The van der Waals surface area contributed by atoms with E-state index < -0.39 is 0 Å². The van der Waals surface area contributed by atoms with Crippen molar-refractivity contribution in [1.82, 2.24) is 0 Å². The Balaban J connectivity index is 2.37. The second-order valence-corrected chi connectivity index (χ2v) is 4.78. The topological polar surface area (TPSA) is 0 Å². The van der Waals surface area contributed by atoms with Crippen LogP contribution in [-0.2, 0) is 0 Å². The van der Waals surface area contributed by atoms with E-state index in [9.17, 15) is 0 Å². The van der Waals surface area contributed by atoms with Crippen molar-refractivity contribution in [2.75, 3.05) is 0 Å². The molecule has 3 rings (SSSR count). The predicted octanol–water partition coefficient (Wildman–Crippen LogP) is 4.44. The first-order valence-corrected chi connectivity index (χ1v) is 5.89. The van der Waals surface area contributed by atoms with Crippen molar-refractivity contribution in [3.05, 3.63) is 58.7 Å². The van der Waals surface area contributed by atoms with E-state index in [0.717, 1.165) is 0 Å². The standard InChI is InChI=1S/C16H16/c1-10-8-9-15-14-7-5-4-6-13(14)12(3)16(15)11(10)2/h4-9,12H,1-3H3. The Morgan fingerprint density at radius 1 is 0.875 bits per heavy atom. The van der Waals surface area contributed by atoms with Crippen LogP contribution >= 0.6 is 0 Å². The molecule has 80 valence electrons. The van der Waals surface area contributed by atoms with Gasteiger partial charge in [-0.15, -0.1) is 0 Å². The van der Waals surface area contributed by atoms with E-state index in [2.05, 4.69) is 57.2 Å². The van der Waals surface area contributed by atoms with Crippen molar-refractivity contribution in [3.8, 4) is 11.1 Å². The van der Waals surface area contributed by atoms with Crippen LogP contribution in [0.2, 0.25) is 0 Å². The highest BCUT2D eigenvalue weighted by atomic mass is 14.3. The molecular weight excluding hydrogens is 192 g/mol. The SMILES string of the molecule is Cc1ccc2c(c1C)C(C)c1ccccc1-2. The molecule has 0 saturated heterocycles. The van der Waals surface area contributed by atoms with Gasteiger partial charge in [0.05, 0.1) is 0 Å². The molecule has 0 aromatic heterocycles. The number of aryl methyl sites for hydroxylation is 1. The molecule has 0 heterocycles. The van der Waals surface area contributed by atoms with Gasteiger partial charge in [0, 0.05) is 5.92 Å². The van der Waals surface area contributed by atoms with E-state index in [1.807, 2.05) is 0 Å². The number of hydrogen-bond acceptors (Lipinski definition) is 0. The maximum atomic E-state index is 2.32. The van der Waals surface area contributed by atoms with Gasteiger partial charge >= 0.3 is 0 Å². The highest BCUT2D eigenvalue weighted by Gasteiger charge is 2.26. The lowest BCUT2D eigenvalue weighted by Crippen LogP contribution is -1.94. The lowest BCUT2D eigenvalue weighted by Gasteiger charge is -2.11. The zero-order valence-corrected chi connectivity index (χ0v) is 10.0. The second kappa shape index (κ2) is 3.21. The van der Waals surface area contributed by atoms with Gasteiger partial charge in [-0.2, -0.15) is 0 Å². The summed E-state index contributed by atoms with van der Waals surface area (Å²) >= 11 is 0. The quantitative estimate of drug-likeness (QED) is 0.600. The number of hydrogen-bond donors (Lipinski definition) is 0. The summed E-state index contributed by atoms with van der Waals surface area (Å²) in [6.45, 7) is 6.76. The molecular formula is C16H16. The van der Waals surface area contributed by atoms with Gasteiger partial charge < -0.3 is 0 Å². The van der Waals surface area contributed by atoms with Gasteiger partial charge in [-0.3, -0.25) is 0 Å². The Labute approximate surface area is 96.9 Å². The molecule has 0 spiro atoms. The van der Waals surface area contributed by atoms with Crippen LogP contribution in [0.3, 0.4) is 0 Å². The van der Waals surface area contributed by atoms with Crippen LogP contribution in [0.4, 0.5) is 0 Å². The molecule has 0 fully saturated rings. The summed E-state index contributed by atoms with van der Waals surface area (Å²) in [7, 11) is 0. The maximum absolute atomic E-state index is 2.32. The molecule has 0 heteroatoms. The summed E-state index contributed by atoms with van der Waals surface area (Å²) in [5.74, 6) is 0.547. The molecule has 2 aromatic rings. The smallest absolute Gasteiger partial charge is 0.00760 e. The Bertz CT molecular complexity index is 564. The molecule has 16 heavy (non-hydrogen) atoms. The zero-order valence-electron chi connectivity index (χ0n) is 10.0. The average Bonchev–Trinajstić information content (AvgIpc) is 2.59. The van der Waals surface area contributed by atoms with Crippen LogP contribution in [0.25, 0.3) is 11.1 Å². The molecule has 1 aliphatic carbocycles. The van der Waals surface area contributed by atoms with Crippen LogP contribution in [0.1, 0.15) is 35.1 Å². The molecule has 1 unspecified atom stereocenters. The van der Waals surface area contributed by atoms with Gasteiger partial charge in [0.15, 0.2) is 0 Å². The van der Waals surface area contributed by atoms with Gasteiger partial charge in [0.25, 0.3) is 0 Å². The van der Waals surface area contributed by atoms with Crippen molar-refractivity contribution in [2.45, 2.75) is 26.7 Å². The fraction of sp³-hybridized carbons (Fsp3) is 0.250. The molecule has 1 aliphatic rings. The van der Waals surface area contributed by atoms with Crippen LogP contribution in [0.5, 0.6) is 0 Å². The Morgan fingerprint density at radius 2 is 1.62 bits per heavy atom.